The van der Waals surface area contributed by atoms with Gasteiger partial charge in [0.25, 0.3) is 5.69 Å². The summed E-state index contributed by atoms with van der Waals surface area (Å²) in [7, 11) is 0. The van der Waals surface area contributed by atoms with E-state index in [2.05, 4.69) is 46.7 Å². The van der Waals surface area contributed by atoms with Crippen LogP contribution in [0, 0.1) is 10.1 Å². The third-order valence-corrected chi connectivity index (χ3v) is 4.65. The molecule has 0 atom stereocenters. The van der Waals surface area contributed by atoms with Crippen molar-refractivity contribution in [1.29, 1.82) is 0 Å². The van der Waals surface area contributed by atoms with Crippen molar-refractivity contribution in [3.8, 4) is 0 Å². The molecule has 0 fully saturated rings. The number of aromatic amines is 1. The number of fused-ring (bicyclic) bond motifs is 1. The lowest BCUT2D eigenvalue weighted by Gasteiger charge is -2.08. The van der Waals surface area contributed by atoms with E-state index in [0.717, 1.165) is 35.1 Å². The van der Waals surface area contributed by atoms with Crippen molar-refractivity contribution in [3.63, 3.8) is 0 Å². The van der Waals surface area contributed by atoms with Gasteiger partial charge in [0.1, 0.15) is 0 Å². The molecule has 4 aromatic rings. The molecule has 0 saturated heterocycles. The van der Waals surface area contributed by atoms with Crippen molar-refractivity contribution in [2.24, 2.45) is 0 Å². The minimum atomic E-state index is -0.374. The van der Waals surface area contributed by atoms with Crippen molar-refractivity contribution in [2.75, 3.05) is 5.32 Å². The number of anilines is 1. The zero-order valence-corrected chi connectivity index (χ0v) is 14.7. The van der Waals surface area contributed by atoms with E-state index in [9.17, 15) is 10.1 Å². The number of benzene rings is 3. The van der Waals surface area contributed by atoms with Crippen molar-refractivity contribution in [2.45, 2.75) is 13.0 Å². The smallest absolute Gasteiger partial charge is 0.271 e. The maximum atomic E-state index is 10.9. The number of nitrogens with zero attached hydrogens (tertiary/aromatic N) is 1. The van der Waals surface area contributed by atoms with E-state index in [4.69, 9.17) is 0 Å². The van der Waals surface area contributed by atoms with E-state index in [1.807, 2.05) is 30.5 Å². The number of rotatable bonds is 6. The lowest BCUT2D eigenvalue weighted by molar-refractivity contribution is -0.384. The standard InChI is InChI=1S/C22H19N3O2/c26-25(27)20-10-11-21-18(15-24-22(21)13-20)12-16-6-8-19(9-7-16)23-14-17-4-2-1-3-5-17/h1-11,13,15,23-24H,12,14H2. The fourth-order valence-electron chi connectivity index (χ4n) is 3.19. The maximum Gasteiger partial charge on any atom is 0.271 e. The van der Waals surface area contributed by atoms with Crippen LogP contribution in [-0.2, 0) is 13.0 Å². The molecule has 134 valence electrons. The summed E-state index contributed by atoms with van der Waals surface area (Å²) < 4.78 is 0. The molecule has 27 heavy (non-hydrogen) atoms. The second-order valence-corrected chi connectivity index (χ2v) is 6.51. The van der Waals surface area contributed by atoms with Crippen LogP contribution in [0.4, 0.5) is 11.4 Å². The molecule has 5 nitrogen and oxygen atoms in total. The number of hydrogen-bond donors (Lipinski definition) is 2. The van der Waals surface area contributed by atoms with Gasteiger partial charge in [-0.25, -0.2) is 0 Å². The topological polar surface area (TPSA) is 71.0 Å². The predicted octanol–water partition coefficient (Wildman–Crippen LogP) is 5.28. The fraction of sp³-hybridized carbons (Fsp3) is 0.0909. The lowest BCUT2D eigenvalue weighted by Crippen LogP contribution is -1.99. The van der Waals surface area contributed by atoms with Crippen LogP contribution in [0.5, 0.6) is 0 Å². The molecule has 2 N–H and O–H groups in total. The van der Waals surface area contributed by atoms with Gasteiger partial charge in [-0.05, 0) is 41.3 Å². The molecular formula is C22H19N3O2. The maximum absolute atomic E-state index is 10.9. The Morgan fingerprint density at radius 2 is 1.70 bits per heavy atom. The number of nitro groups is 1. The van der Waals surface area contributed by atoms with Gasteiger partial charge in [0, 0.05) is 35.9 Å². The van der Waals surface area contributed by atoms with Crippen molar-refractivity contribution in [1.82, 2.24) is 4.98 Å². The van der Waals surface area contributed by atoms with Crippen LogP contribution in [0.3, 0.4) is 0 Å². The molecule has 1 heterocycles. The molecule has 0 aliphatic heterocycles. The summed E-state index contributed by atoms with van der Waals surface area (Å²) in [5.41, 5.74) is 5.54. The van der Waals surface area contributed by atoms with Crippen LogP contribution in [-0.4, -0.2) is 9.91 Å². The van der Waals surface area contributed by atoms with Gasteiger partial charge in [-0.15, -0.1) is 0 Å². The molecule has 0 aliphatic rings. The zero-order valence-electron chi connectivity index (χ0n) is 14.7. The molecular weight excluding hydrogens is 338 g/mol. The number of non-ortho nitro benzene ring substituents is 1. The van der Waals surface area contributed by atoms with Gasteiger partial charge in [-0.3, -0.25) is 10.1 Å². The highest BCUT2D eigenvalue weighted by molar-refractivity contribution is 5.85. The fourth-order valence-corrected chi connectivity index (χ4v) is 3.19. The molecule has 4 rings (SSSR count). The molecule has 5 heteroatoms. The van der Waals surface area contributed by atoms with E-state index >= 15 is 0 Å². The SMILES string of the molecule is O=[N+]([O-])c1ccc2c(Cc3ccc(NCc4ccccc4)cc3)c[nH]c2c1. The first kappa shape index (κ1) is 16.8. The minimum Gasteiger partial charge on any atom is -0.381 e. The van der Waals surface area contributed by atoms with E-state index in [-0.39, 0.29) is 10.6 Å². The summed E-state index contributed by atoms with van der Waals surface area (Å²) in [6.45, 7) is 0.793. The van der Waals surface area contributed by atoms with Crippen LogP contribution < -0.4 is 5.32 Å². The van der Waals surface area contributed by atoms with Gasteiger partial charge < -0.3 is 10.3 Å². The molecule has 0 radical (unpaired) electrons. The first-order chi connectivity index (χ1) is 13.2. The van der Waals surface area contributed by atoms with Gasteiger partial charge in [-0.1, -0.05) is 42.5 Å². The van der Waals surface area contributed by atoms with E-state index in [0.29, 0.717) is 0 Å². The van der Waals surface area contributed by atoms with Gasteiger partial charge >= 0.3 is 0 Å². The summed E-state index contributed by atoms with van der Waals surface area (Å²) in [6.07, 6.45) is 2.70. The molecule has 0 aliphatic carbocycles. The Morgan fingerprint density at radius 1 is 0.926 bits per heavy atom. The molecule has 0 saturated carbocycles. The molecule has 3 aromatic carbocycles. The average Bonchev–Trinajstić information content (AvgIpc) is 3.10. The predicted molar refractivity (Wildman–Crippen MR) is 108 cm³/mol. The Kier molecular flexibility index (Phi) is 4.58. The van der Waals surface area contributed by atoms with Crippen LogP contribution in [0.15, 0.2) is 79.0 Å². The third kappa shape index (κ3) is 3.82. The Balaban J connectivity index is 1.45. The van der Waals surface area contributed by atoms with Gasteiger partial charge in [-0.2, -0.15) is 0 Å². The van der Waals surface area contributed by atoms with Gasteiger partial charge in [0.15, 0.2) is 0 Å². The largest absolute Gasteiger partial charge is 0.381 e. The Bertz CT molecular complexity index is 1070. The molecule has 0 unspecified atom stereocenters. The second kappa shape index (κ2) is 7.33. The highest BCUT2D eigenvalue weighted by atomic mass is 16.6. The summed E-state index contributed by atoms with van der Waals surface area (Å²) in [5.74, 6) is 0. The van der Waals surface area contributed by atoms with Crippen LogP contribution in [0.1, 0.15) is 16.7 Å². The van der Waals surface area contributed by atoms with Gasteiger partial charge in [0.05, 0.1) is 10.4 Å². The average molecular weight is 357 g/mol. The highest BCUT2D eigenvalue weighted by Gasteiger charge is 2.10. The minimum absolute atomic E-state index is 0.102. The normalized spacial score (nSPS) is 10.8. The van der Waals surface area contributed by atoms with Crippen LogP contribution in [0.25, 0.3) is 10.9 Å². The highest BCUT2D eigenvalue weighted by Crippen LogP contribution is 2.25. The lowest BCUT2D eigenvalue weighted by atomic mass is 10.0. The number of aromatic nitrogens is 1. The quantitative estimate of drug-likeness (QED) is 0.364. The van der Waals surface area contributed by atoms with Crippen molar-refractivity contribution >= 4 is 22.3 Å². The van der Waals surface area contributed by atoms with E-state index in [1.165, 1.54) is 11.1 Å². The summed E-state index contributed by atoms with van der Waals surface area (Å²) in [6, 6.07) is 23.6. The first-order valence-corrected chi connectivity index (χ1v) is 8.80. The first-order valence-electron chi connectivity index (χ1n) is 8.80. The Hall–Kier alpha value is -3.60. The Morgan fingerprint density at radius 3 is 2.44 bits per heavy atom. The second-order valence-electron chi connectivity index (χ2n) is 6.51. The number of hydrogen-bond acceptors (Lipinski definition) is 3. The zero-order chi connectivity index (χ0) is 18.6. The molecule has 0 amide bonds. The van der Waals surface area contributed by atoms with Crippen molar-refractivity contribution < 1.29 is 4.92 Å². The van der Waals surface area contributed by atoms with Crippen LogP contribution in [0.2, 0.25) is 0 Å². The van der Waals surface area contributed by atoms with Crippen molar-refractivity contribution in [3.05, 3.63) is 106 Å². The van der Waals surface area contributed by atoms with E-state index in [1.54, 1.807) is 12.1 Å². The monoisotopic (exact) mass is 357 g/mol. The molecule has 0 spiro atoms. The summed E-state index contributed by atoms with van der Waals surface area (Å²) in [4.78, 5) is 13.7. The summed E-state index contributed by atoms with van der Waals surface area (Å²) in [5, 5.41) is 15.3. The summed E-state index contributed by atoms with van der Waals surface area (Å²) >= 11 is 0. The van der Waals surface area contributed by atoms with Gasteiger partial charge in [0.2, 0.25) is 0 Å². The third-order valence-electron chi connectivity index (χ3n) is 4.65. The van der Waals surface area contributed by atoms with E-state index < -0.39 is 0 Å². The Labute approximate surface area is 156 Å². The molecule has 0 bridgehead atoms. The number of H-pyrrole nitrogens is 1. The molecule has 1 aromatic heterocycles. The number of nitrogens with one attached hydrogen (secondary N) is 2. The van der Waals surface area contributed by atoms with Crippen LogP contribution >= 0.6 is 0 Å². The number of nitro benzene ring substituents is 1.